The first-order valence-electron chi connectivity index (χ1n) is 10.5. The second-order valence-corrected chi connectivity index (χ2v) is 10.2. The molecule has 0 radical (unpaired) electrons. The minimum atomic E-state index is -3.67. The number of anilines is 1. The SMILES string of the molecule is Cc1cc(C)c(N(CC(=O)NC(c2ccccc2)c2ccccc2C)S(C)(=O)=O)c(C)c1. The molecule has 0 aromatic heterocycles. The van der Waals surface area contributed by atoms with E-state index < -0.39 is 10.0 Å². The number of hydrogen-bond donors (Lipinski definition) is 1. The Morgan fingerprint density at radius 2 is 1.44 bits per heavy atom. The van der Waals surface area contributed by atoms with Gasteiger partial charge >= 0.3 is 0 Å². The molecule has 3 rings (SSSR count). The summed E-state index contributed by atoms with van der Waals surface area (Å²) in [6, 6.07) is 21.0. The summed E-state index contributed by atoms with van der Waals surface area (Å²) in [4.78, 5) is 13.2. The Hall–Kier alpha value is -3.12. The molecule has 0 aliphatic rings. The molecule has 3 aromatic carbocycles. The van der Waals surface area contributed by atoms with Gasteiger partial charge in [-0.05, 0) is 55.5 Å². The third kappa shape index (κ3) is 5.37. The lowest BCUT2D eigenvalue weighted by Crippen LogP contribution is -2.42. The van der Waals surface area contributed by atoms with Crippen molar-refractivity contribution >= 4 is 21.6 Å². The van der Waals surface area contributed by atoms with Crippen molar-refractivity contribution < 1.29 is 13.2 Å². The summed E-state index contributed by atoms with van der Waals surface area (Å²) >= 11 is 0. The van der Waals surface area contributed by atoms with E-state index in [1.807, 2.05) is 94.4 Å². The maximum Gasteiger partial charge on any atom is 0.241 e. The van der Waals surface area contributed by atoms with Gasteiger partial charge in [0.05, 0.1) is 18.0 Å². The van der Waals surface area contributed by atoms with E-state index in [1.165, 1.54) is 4.31 Å². The maximum atomic E-state index is 13.2. The Bertz CT molecular complexity index is 1200. The Balaban J connectivity index is 1.96. The molecule has 0 bridgehead atoms. The summed E-state index contributed by atoms with van der Waals surface area (Å²) in [7, 11) is -3.67. The molecule has 0 spiro atoms. The van der Waals surface area contributed by atoms with Gasteiger partial charge < -0.3 is 5.32 Å². The van der Waals surface area contributed by atoms with Gasteiger partial charge in [0.15, 0.2) is 0 Å². The van der Waals surface area contributed by atoms with Crippen LogP contribution in [0.1, 0.15) is 39.4 Å². The highest BCUT2D eigenvalue weighted by Crippen LogP contribution is 2.29. The molecule has 0 aliphatic carbocycles. The molecular formula is C26H30N2O3S. The summed E-state index contributed by atoms with van der Waals surface area (Å²) in [5, 5.41) is 3.07. The topological polar surface area (TPSA) is 66.5 Å². The number of aryl methyl sites for hydroxylation is 4. The van der Waals surface area contributed by atoms with Crippen LogP contribution in [0.4, 0.5) is 5.69 Å². The van der Waals surface area contributed by atoms with E-state index >= 15 is 0 Å². The third-order valence-electron chi connectivity index (χ3n) is 5.51. The summed E-state index contributed by atoms with van der Waals surface area (Å²) in [6.45, 7) is 7.41. The predicted octanol–water partition coefficient (Wildman–Crippen LogP) is 4.59. The molecule has 1 amide bonds. The number of carbonyl (C=O) groups is 1. The summed E-state index contributed by atoms with van der Waals surface area (Å²) in [5.74, 6) is -0.369. The maximum absolute atomic E-state index is 13.2. The molecule has 1 atom stereocenters. The minimum absolute atomic E-state index is 0.293. The summed E-state index contributed by atoms with van der Waals surface area (Å²) in [6.07, 6.45) is 1.13. The van der Waals surface area contributed by atoms with Crippen molar-refractivity contribution in [3.05, 3.63) is 100 Å². The van der Waals surface area contributed by atoms with E-state index in [0.29, 0.717) is 5.69 Å². The molecule has 1 unspecified atom stereocenters. The van der Waals surface area contributed by atoms with Gasteiger partial charge in [0.1, 0.15) is 6.54 Å². The number of amides is 1. The van der Waals surface area contributed by atoms with Crippen molar-refractivity contribution in [2.24, 2.45) is 0 Å². The molecule has 6 heteroatoms. The fourth-order valence-electron chi connectivity index (χ4n) is 4.16. The molecule has 5 nitrogen and oxygen atoms in total. The van der Waals surface area contributed by atoms with Crippen LogP contribution in [0.5, 0.6) is 0 Å². The Morgan fingerprint density at radius 1 is 0.875 bits per heavy atom. The number of hydrogen-bond acceptors (Lipinski definition) is 3. The molecule has 0 saturated heterocycles. The summed E-state index contributed by atoms with van der Waals surface area (Å²) < 4.78 is 26.6. The molecule has 0 fully saturated rings. The van der Waals surface area contributed by atoms with Crippen LogP contribution in [0, 0.1) is 27.7 Å². The van der Waals surface area contributed by atoms with E-state index in [4.69, 9.17) is 0 Å². The molecule has 0 aliphatic heterocycles. The largest absolute Gasteiger partial charge is 0.344 e. The molecule has 1 N–H and O–H groups in total. The van der Waals surface area contributed by atoms with E-state index in [0.717, 1.165) is 39.6 Å². The van der Waals surface area contributed by atoms with Gasteiger partial charge in [0, 0.05) is 0 Å². The monoisotopic (exact) mass is 450 g/mol. The van der Waals surface area contributed by atoms with E-state index in [9.17, 15) is 13.2 Å². The zero-order valence-corrected chi connectivity index (χ0v) is 20.0. The molecule has 0 saturated carbocycles. The standard InChI is InChI=1S/C26H30N2O3S/c1-18-15-20(3)26(21(4)16-18)28(32(5,30)31)17-24(29)27-25(22-12-7-6-8-13-22)23-14-10-9-11-19(23)2/h6-16,25H,17H2,1-5H3,(H,27,29). The summed E-state index contributed by atoms with van der Waals surface area (Å²) in [5.41, 5.74) is 6.19. The van der Waals surface area contributed by atoms with Gasteiger partial charge in [-0.15, -0.1) is 0 Å². The third-order valence-corrected chi connectivity index (χ3v) is 6.62. The average molecular weight is 451 g/mol. The van der Waals surface area contributed by atoms with Crippen molar-refractivity contribution in [1.82, 2.24) is 5.32 Å². The lowest BCUT2D eigenvalue weighted by atomic mass is 9.95. The Morgan fingerprint density at radius 3 is 2.00 bits per heavy atom. The first-order valence-corrected chi connectivity index (χ1v) is 12.4. The first kappa shape index (κ1) is 23.5. The number of carbonyl (C=O) groups excluding carboxylic acids is 1. The molecule has 32 heavy (non-hydrogen) atoms. The fourth-order valence-corrected chi connectivity index (χ4v) is 5.13. The zero-order valence-electron chi connectivity index (χ0n) is 19.2. The molecule has 3 aromatic rings. The highest BCUT2D eigenvalue weighted by molar-refractivity contribution is 7.92. The van der Waals surface area contributed by atoms with Crippen LogP contribution in [0.2, 0.25) is 0 Å². The second kappa shape index (κ2) is 9.57. The van der Waals surface area contributed by atoms with E-state index in [1.54, 1.807) is 0 Å². The van der Waals surface area contributed by atoms with Gasteiger partial charge in [0.2, 0.25) is 15.9 Å². The van der Waals surface area contributed by atoms with Crippen LogP contribution >= 0.6 is 0 Å². The Kier molecular flexibility index (Phi) is 7.04. The van der Waals surface area contributed by atoms with Crippen LogP contribution < -0.4 is 9.62 Å². The number of nitrogens with zero attached hydrogens (tertiary/aromatic N) is 1. The van der Waals surface area contributed by atoms with Gasteiger partial charge in [-0.3, -0.25) is 9.10 Å². The van der Waals surface area contributed by atoms with Crippen molar-refractivity contribution in [2.45, 2.75) is 33.7 Å². The van der Waals surface area contributed by atoms with Gasteiger partial charge in [-0.2, -0.15) is 0 Å². The normalized spacial score (nSPS) is 12.3. The average Bonchev–Trinajstić information content (AvgIpc) is 2.71. The second-order valence-electron chi connectivity index (χ2n) is 8.28. The molecule has 0 heterocycles. The lowest BCUT2D eigenvalue weighted by Gasteiger charge is -2.28. The van der Waals surface area contributed by atoms with Crippen LogP contribution in [0.3, 0.4) is 0 Å². The van der Waals surface area contributed by atoms with Gasteiger partial charge in [-0.25, -0.2) is 8.42 Å². The van der Waals surface area contributed by atoms with Gasteiger partial charge in [0.25, 0.3) is 0 Å². The number of sulfonamides is 1. The highest BCUT2D eigenvalue weighted by atomic mass is 32.2. The van der Waals surface area contributed by atoms with E-state index in [2.05, 4.69) is 5.32 Å². The molecular weight excluding hydrogens is 420 g/mol. The zero-order chi connectivity index (χ0) is 23.5. The van der Waals surface area contributed by atoms with Crippen molar-refractivity contribution in [3.8, 4) is 0 Å². The van der Waals surface area contributed by atoms with Crippen LogP contribution in [-0.2, 0) is 14.8 Å². The number of rotatable bonds is 7. The number of nitrogens with one attached hydrogen (secondary N) is 1. The van der Waals surface area contributed by atoms with Crippen molar-refractivity contribution in [1.29, 1.82) is 0 Å². The lowest BCUT2D eigenvalue weighted by molar-refractivity contribution is -0.120. The highest BCUT2D eigenvalue weighted by Gasteiger charge is 2.26. The van der Waals surface area contributed by atoms with Crippen molar-refractivity contribution in [3.63, 3.8) is 0 Å². The van der Waals surface area contributed by atoms with Crippen LogP contribution in [0.15, 0.2) is 66.7 Å². The van der Waals surface area contributed by atoms with Crippen LogP contribution in [0.25, 0.3) is 0 Å². The quantitative estimate of drug-likeness (QED) is 0.572. The smallest absolute Gasteiger partial charge is 0.241 e. The Labute approximate surface area is 191 Å². The first-order chi connectivity index (χ1) is 15.1. The van der Waals surface area contributed by atoms with Crippen molar-refractivity contribution in [2.75, 3.05) is 17.1 Å². The van der Waals surface area contributed by atoms with Crippen LogP contribution in [-0.4, -0.2) is 27.1 Å². The number of benzene rings is 3. The fraction of sp³-hybridized carbons (Fsp3) is 0.269. The van der Waals surface area contributed by atoms with Gasteiger partial charge in [-0.1, -0.05) is 72.3 Å². The molecule has 168 valence electrons. The minimum Gasteiger partial charge on any atom is -0.344 e. The van der Waals surface area contributed by atoms with E-state index in [-0.39, 0.29) is 18.5 Å². The predicted molar refractivity (Wildman–Crippen MR) is 130 cm³/mol.